The largest absolute Gasteiger partial charge is 0.308 e. The number of aromatic nitrogens is 2. The summed E-state index contributed by atoms with van der Waals surface area (Å²) in [6.07, 6.45) is 1.91. The van der Waals surface area contributed by atoms with Crippen molar-refractivity contribution < 1.29 is 4.39 Å². The summed E-state index contributed by atoms with van der Waals surface area (Å²) in [6, 6.07) is 9.03. The van der Waals surface area contributed by atoms with Crippen LogP contribution in [0.5, 0.6) is 0 Å². The monoisotopic (exact) mass is 275 g/mol. The maximum absolute atomic E-state index is 13.0. The average Bonchev–Trinajstić information content (AvgIpc) is 2.76. The molecule has 1 atom stereocenters. The lowest BCUT2D eigenvalue weighted by molar-refractivity contribution is 0.493. The SMILES string of the molecule is CCCNC(Cc1ccc(F)cc1)c1cc(C)nn1C. The molecule has 3 nitrogen and oxygen atoms in total. The van der Waals surface area contributed by atoms with Crippen LogP contribution in [0.3, 0.4) is 0 Å². The summed E-state index contributed by atoms with van der Waals surface area (Å²) in [6.45, 7) is 5.10. The molecule has 4 heteroatoms. The Morgan fingerprint density at radius 3 is 2.55 bits per heavy atom. The van der Waals surface area contributed by atoms with Gasteiger partial charge < -0.3 is 5.32 Å². The highest BCUT2D eigenvalue weighted by atomic mass is 19.1. The van der Waals surface area contributed by atoms with Gasteiger partial charge in [0.1, 0.15) is 5.82 Å². The molecule has 2 aromatic rings. The van der Waals surface area contributed by atoms with Gasteiger partial charge in [0.2, 0.25) is 0 Å². The Hall–Kier alpha value is -1.68. The average molecular weight is 275 g/mol. The molecule has 0 aliphatic carbocycles. The molecule has 1 aromatic carbocycles. The van der Waals surface area contributed by atoms with E-state index in [2.05, 4.69) is 23.4 Å². The highest BCUT2D eigenvalue weighted by Crippen LogP contribution is 2.19. The van der Waals surface area contributed by atoms with E-state index in [4.69, 9.17) is 0 Å². The van der Waals surface area contributed by atoms with Crippen LogP contribution in [0.1, 0.15) is 36.3 Å². The fraction of sp³-hybridized carbons (Fsp3) is 0.438. The molecule has 0 saturated carbocycles. The Kier molecular flexibility index (Phi) is 4.90. The molecule has 1 heterocycles. The first-order chi connectivity index (χ1) is 9.60. The summed E-state index contributed by atoms with van der Waals surface area (Å²) in [5, 5.41) is 7.96. The summed E-state index contributed by atoms with van der Waals surface area (Å²) < 4.78 is 14.9. The number of hydrogen-bond donors (Lipinski definition) is 1. The Morgan fingerprint density at radius 1 is 1.30 bits per heavy atom. The number of rotatable bonds is 6. The van der Waals surface area contributed by atoms with Gasteiger partial charge in [0.05, 0.1) is 17.4 Å². The minimum absolute atomic E-state index is 0.191. The first-order valence-electron chi connectivity index (χ1n) is 7.08. The van der Waals surface area contributed by atoms with E-state index in [-0.39, 0.29) is 11.9 Å². The molecule has 108 valence electrons. The lowest BCUT2D eigenvalue weighted by atomic mass is 10.0. The maximum atomic E-state index is 13.0. The van der Waals surface area contributed by atoms with Crippen molar-refractivity contribution in [2.24, 2.45) is 7.05 Å². The van der Waals surface area contributed by atoms with Crippen LogP contribution in [0, 0.1) is 12.7 Å². The molecular formula is C16H22FN3. The second-order valence-electron chi connectivity index (χ2n) is 5.17. The third kappa shape index (κ3) is 3.67. The molecule has 1 aromatic heterocycles. The van der Waals surface area contributed by atoms with Crippen molar-refractivity contribution >= 4 is 0 Å². The fourth-order valence-corrected chi connectivity index (χ4v) is 2.41. The fourth-order valence-electron chi connectivity index (χ4n) is 2.41. The van der Waals surface area contributed by atoms with Crippen LogP contribution in [0.4, 0.5) is 4.39 Å². The van der Waals surface area contributed by atoms with Gasteiger partial charge in [-0.05, 0) is 50.1 Å². The molecule has 0 saturated heterocycles. The molecule has 0 fully saturated rings. The molecule has 1 N–H and O–H groups in total. The highest BCUT2D eigenvalue weighted by molar-refractivity contribution is 5.21. The van der Waals surface area contributed by atoms with Crippen molar-refractivity contribution in [3.63, 3.8) is 0 Å². The zero-order chi connectivity index (χ0) is 14.5. The number of aryl methyl sites for hydroxylation is 2. The first kappa shape index (κ1) is 14.7. The van der Waals surface area contributed by atoms with Crippen molar-refractivity contribution in [3.05, 3.63) is 53.1 Å². The molecule has 0 aliphatic rings. The molecule has 0 aliphatic heterocycles. The van der Waals surface area contributed by atoms with Gasteiger partial charge in [0, 0.05) is 7.05 Å². The predicted molar refractivity (Wildman–Crippen MR) is 79.1 cm³/mol. The number of nitrogens with one attached hydrogen (secondary N) is 1. The van der Waals surface area contributed by atoms with Crippen LogP contribution in [0.15, 0.2) is 30.3 Å². The lowest BCUT2D eigenvalue weighted by Gasteiger charge is -2.19. The van der Waals surface area contributed by atoms with Gasteiger partial charge in [-0.3, -0.25) is 4.68 Å². The topological polar surface area (TPSA) is 29.9 Å². The number of nitrogens with zero attached hydrogens (tertiary/aromatic N) is 2. The zero-order valence-corrected chi connectivity index (χ0v) is 12.4. The van der Waals surface area contributed by atoms with Gasteiger partial charge >= 0.3 is 0 Å². The first-order valence-corrected chi connectivity index (χ1v) is 7.08. The molecule has 1 unspecified atom stereocenters. The van der Waals surface area contributed by atoms with E-state index in [1.54, 1.807) is 0 Å². The minimum Gasteiger partial charge on any atom is -0.308 e. The predicted octanol–water partition coefficient (Wildman–Crippen LogP) is 3.15. The Balaban J connectivity index is 2.19. The number of benzene rings is 1. The van der Waals surface area contributed by atoms with Crippen molar-refractivity contribution in [2.45, 2.75) is 32.7 Å². The quantitative estimate of drug-likeness (QED) is 0.877. The van der Waals surface area contributed by atoms with Crippen LogP contribution in [-0.4, -0.2) is 16.3 Å². The lowest BCUT2D eigenvalue weighted by Crippen LogP contribution is -2.26. The van der Waals surface area contributed by atoms with Crippen LogP contribution in [-0.2, 0) is 13.5 Å². The molecule has 0 bridgehead atoms. The van der Waals surface area contributed by atoms with Crippen molar-refractivity contribution in [1.29, 1.82) is 0 Å². The second kappa shape index (κ2) is 6.66. The smallest absolute Gasteiger partial charge is 0.123 e. The van der Waals surface area contributed by atoms with E-state index >= 15 is 0 Å². The van der Waals surface area contributed by atoms with Crippen LogP contribution in [0.25, 0.3) is 0 Å². The van der Waals surface area contributed by atoms with Crippen molar-refractivity contribution in [2.75, 3.05) is 6.54 Å². The van der Waals surface area contributed by atoms with Crippen molar-refractivity contribution in [3.8, 4) is 0 Å². The minimum atomic E-state index is -0.191. The third-order valence-corrected chi connectivity index (χ3v) is 3.39. The summed E-state index contributed by atoms with van der Waals surface area (Å²) in [4.78, 5) is 0. The van der Waals surface area contributed by atoms with Gasteiger partial charge in [0.15, 0.2) is 0 Å². The number of halogens is 1. The Morgan fingerprint density at radius 2 is 2.00 bits per heavy atom. The summed E-state index contributed by atoms with van der Waals surface area (Å²) in [7, 11) is 1.97. The zero-order valence-electron chi connectivity index (χ0n) is 12.4. The molecule has 20 heavy (non-hydrogen) atoms. The maximum Gasteiger partial charge on any atom is 0.123 e. The van der Waals surface area contributed by atoms with Crippen LogP contribution >= 0.6 is 0 Å². The number of hydrogen-bond acceptors (Lipinski definition) is 2. The summed E-state index contributed by atoms with van der Waals surface area (Å²) in [5.74, 6) is -0.191. The van der Waals surface area contributed by atoms with Gasteiger partial charge in [0.25, 0.3) is 0 Å². The van der Waals surface area contributed by atoms with E-state index in [0.29, 0.717) is 0 Å². The van der Waals surface area contributed by atoms with Crippen molar-refractivity contribution in [1.82, 2.24) is 15.1 Å². The highest BCUT2D eigenvalue weighted by Gasteiger charge is 2.16. The molecule has 0 radical (unpaired) electrons. The van der Waals surface area contributed by atoms with E-state index in [0.717, 1.165) is 30.6 Å². The molecule has 0 spiro atoms. The summed E-state index contributed by atoms with van der Waals surface area (Å²) in [5.41, 5.74) is 3.31. The van der Waals surface area contributed by atoms with E-state index < -0.39 is 0 Å². The second-order valence-corrected chi connectivity index (χ2v) is 5.17. The van der Waals surface area contributed by atoms with Gasteiger partial charge in [-0.1, -0.05) is 19.1 Å². The standard InChI is InChI=1S/C16H22FN3/c1-4-9-18-15(16-10-12(2)19-20(16)3)11-13-5-7-14(17)8-6-13/h5-8,10,15,18H,4,9,11H2,1-3H3. The molecular weight excluding hydrogens is 253 g/mol. The van der Waals surface area contributed by atoms with Gasteiger partial charge in [-0.25, -0.2) is 4.39 Å². The van der Waals surface area contributed by atoms with Crippen LogP contribution < -0.4 is 5.32 Å². The van der Waals surface area contributed by atoms with E-state index in [9.17, 15) is 4.39 Å². The van der Waals surface area contributed by atoms with E-state index in [1.165, 1.54) is 17.8 Å². The van der Waals surface area contributed by atoms with Gasteiger partial charge in [-0.15, -0.1) is 0 Å². The Labute approximate surface area is 119 Å². The van der Waals surface area contributed by atoms with Gasteiger partial charge in [-0.2, -0.15) is 5.10 Å². The summed E-state index contributed by atoms with van der Waals surface area (Å²) >= 11 is 0. The normalized spacial score (nSPS) is 12.6. The third-order valence-electron chi connectivity index (χ3n) is 3.39. The van der Waals surface area contributed by atoms with Crippen LogP contribution in [0.2, 0.25) is 0 Å². The van der Waals surface area contributed by atoms with E-state index in [1.807, 2.05) is 30.8 Å². The Bertz CT molecular complexity index is 545. The molecule has 2 rings (SSSR count). The molecule has 0 amide bonds.